The quantitative estimate of drug-likeness (QED) is 0.894. The Bertz CT molecular complexity index is 528. The van der Waals surface area contributed by atoms with Crippen molar-refractivity contribution in [1.82, 2.24) is 10.6 Å². The highest BCUT2D eigenvalue weighted by Gasteiger charge is 2.37. The maximum Gasteiger partial charge on any atom is 0.258 e. The van der Waals surface area contributed by atoms with E-state index in [0.29, 0.717) is 17.6 Å². The largest absolute Gasteiger partial charge is 0.484 e. The fourth-order valence-corrected chi connectivity index (χ4v) is 3.39. The number of fused-ring (bicyclic) bond motifs is 1. The van der Waals surface area contributed by atoms with Crippen LogP contribution in [0.4, 0.5) is 4.39 Å². The van der Waals surface area contributed by atoms with Gasteiger partial charge in [0.05, 0.1) is 5.02 Å². The third kappa shape index (κ3) is 3.47. The van der Waals surface area contributed by atoms with Crippen molar-refractivity contribution < 1.29 is 13.9 Å². The first-order valence-corrected chi connectivity index (χ1v) is 7.57. The van der Waals surface area contributed by atoms with E-state index in [1.54, 1.807) is 6.07 Å². The number of carbonyl (C=O) groups excluding carboxylic acids is 1. The second-order valence-electron chi connectivity index (χ2n) is 5.78. The molecule has 1 saturated carbocycles. The van der Waals surface area contributed by atoms with Gasteiger partial charge in [-0.3, -0.25) is 4.79 Å². The minimum atomic E-state index is -0.550. The number of rotatable bonds is 4. The fraction of sp³-hybridized carbons (Fsp3) is 0.533. The third-order valence-corrected chi connectivity index (χ3v) is 4.59. The molecule has 2 aliphatic rings. The van der Waals surface area contributed by atoms with E-state index >= 15 is 0 Å². The van der Waals surface area contributed by atoms with Crippen molar-refractivity contribution in [2.75, 3.05) is 19.7 Å². The molecule has 6 heteroatoms. The lowest BCUT2D eigenvalue weighted by Crippen LogP contribution is -2.37. The molecule has 114 valence electrons. The summed E-state index contributed by atoms with van der Waals surface area (Å²) in [5.41, 5.74) is 0. The second-order valence-corrected chi connectivity index (χ2v) is 6.19. The summed E-state index contributed by atoms with van der Waals surface area (Å²) in [7, 11) is 0. The number of benzene rings is 1. The Morgan fingerprint density at radius 1 is 1.38 bits per heavy atom. The lowest BCUT2D eigenvalue weighted by atomic mass is 10.0. The van der Waals surface area contributed by atoms with Crippen LogP contribution in [-0.4, -0.2) is 31.6 Å². The standard InChI is InChI=1S/C15H18ClFN2O2/c16-13-2-1-12(5-14(13)17)21-8-15(20)19-11-3-9-6-18-7-10(9)4-11/h1-2,5,9-11,18H,3-4,6-8H2,(H,19,20)/t9-,10+,11?. The summed E-state index contributed by atoms with van der Waals surface area (Å²) >= 11 is 5.59. The Labute approximate surface area is 128 Å². The van der Waals surface area contributed by atoms with Crippen LogP contribution in [0.25, 0.3) is 0 Å². The maximum absolute atomic E-state index is 13.2. The molecule has 1 saturated heterocycles. The molecule has 0 aromatic heterocycles. The first-order chi connectivity index (χ1) is 10.1. The van der Waals surface area contributed by atoms with E-state index in [4.69, 9.17) is 16.3 Å². The van der Waals surface area contributed by atoms with E-state index in [0.717, 1.165) is 25.9 Å². The Morgan fingerprint density at radius 2 is 2.10 bits per heavy atom. The Hall–Kier alpha value is -1.33. The van der Waals surface area contributed by atoms with Crippen LogP contribution in [0.5, 0.6) is 5.75 Å². The first-order valence-electron chi connectivity index (χ1n) is 7.20. The van der Waals surface area contributed by atoms with Gasteiger partial charge in [0.25, 0.3) is 5.91 Å². The Kier molecular flexibility index (Phi) is 4.31. The molecule has 1 unspecified atom stereocenters. The normalized spacial score (nSPS) is 27.4. The molecule has 1 heterocycles. The molecule has 2 N–H and O–H groups in total. The van der Waals surface area contributed by atoms with Crippen LogP contribution < -0.4 is 15.4 Å². The fourth-order valence-electron chi connectivity index (χ4n) is 3.27. The molecule has 0 spiro atoms. The molecule has 1 amide bonds. The van der Waals surface area contributed by atoms with E-state index in [1.807, 2.05) is 0 Å². The molecule has 0 bridgehead atoms. The van der Waals surface area contributed by atoms with Gasteiger partial charge in [-0.2, -0.15) is 0 Å². The van der Waals surface area contributed by atoms with E-state index in [9.17, 15) is 9.18 Å². The molecule has 1 aromatic carbocycles. The van der Waals surface area contributed by atoms with Crippen LogP contribution >= 0.6 is 11.6 Å². The van der Waals surface area contributed by atoms with Gasteiger partial charge in [0.1, 0.15) is 11.6 Å². The van der Waals surface area contributed by atoms with Crippen LogP contribution in [-0.2, 0) is 4.79 Å². The molecule has 1 aliphatic carbocycles. The summed E-state index contributed by atoms with van der Waals surface area (Å²) in [5, 5.41) is 6.40. The first kappa shape index (κ1) is 14.6. The minimum Gasteiger partial charge on any atom is -0.484 e. The summed E-state index contributed by atoms with van der Waals surface area (Å²) in [6.07, 6.45) is 2.05. The molecule has 3 rings (SSSR count). The van der Waals surface area contributed by atoms with E-state index in [-0.39, 0.29) is 23.6 Å². The zero-order valence-corrected chi connectivity index (χ0v) is 12.3. The van der Waals surface area contributed by atoms with Gasteiger partial charge < -0.3 is 15.4 Å². The number of hydrogen-bond acceptors (Lipinski definition) is 3. The topological polar surface area (TPSA) is 50.4 Å². The number of amides is 1. The molecule has 4 nitrogen and oxygen atoms in total. The Morgan fingerprint density at radius 3 is 2.76 bits per heavy atom. The minimum absolute atomic E-state index is 0.0397. The van der Waals surface area contributed by atoms with Crippen molar-refractivity contribution >= 4 is 17.5 Å². The van der Waals surface area contributed by atoms with E-state index in [2.05, 4.69) is 10.6 Å². The summed E-state index contributed by atoms with van der Waals surface area (Å²) in [6.45, 7) is 2.00. The third-order valence-electron chi connectivity index (χ3n) is 4.28. The zero-order valence-electron chi connectivity index (χ0n) is 11.6. The molecule has 2 fully saturated rings. The van der Waals surface area contributed by atoms with Gasteiger partial charge in [0, 0.05) is 12.1 Å². The monoisotopic (exact) mass is 312 g/mol. The van der Waals surface area contributed by atoms with Crippen molar-refractivity contribution in [3.8, 4) is 5.75 Å². The van der Waals surface area contributed by atoms with Gasteiger partial charge >= 0.3 is 0 Å². The summed E-state index contributed by atoms with van der Waals surface area (Å²) in [6, 6.07) is 4.38. The van der Waals surface area contributed by atoms with Crippen LogP contribution in [0.1, 0.15) is 12.8 Å². The van der Waals surface area contributed by atoms with Crippen LogP contribution in [0, 0.1) is 17.7 Å². The average molecular weight is 313 g/mol. The lowest BCUT2D eigenvalue weighted by molar-refractivity contribution is -0.123. The van der Waals surface area contributed by atoms with Gasteiger partial charge in [0.15, 0.2) is 6.61 Å². The van der Waals surface area contributed by atoms with E-state index in [1.165, 1.54) is 12.1 Å². The van der Waals surface area contributed by atoms with Crippen LogP contribution in [0.15, 0.2) is 18.2 Å². The van der Waals surface area contributed by atoms with Crippen LogP contribution in [0.2, 0.25) is 5.02 Å². The summed E-state index contributed by atoms with van der Waals surface area (Å²) in [4.78, 5) is 11.9. The predicted octanol–water partition coefficient (Wildman–Crippen LogP) is 1.97. The number of carbonyl (C=O) groups is 1. The number of ether oxygens (including phenoxy) is 1. The van der Waals surface area contributed by atoms with Crippen molar-refractivity contribution in [3.05, 3.63) is 29.0 Å². The number of nitrogens with one attached hydrogen (secondary N) is 2. The van der Waals surface area contributed by atoms with Crippen molar-refractivity contribution in [2.24, 2.45) is 11.8 Å². The maximum atomic E-state index is 13.2. The van der Waals surface area contributed by atoms with E-state index < -0.39 is 5.82 Å². The highest BCUT2D eigenvalue weighted by molar-refractivity contribution is 6.30. The second kappa shape index (κ2) is 6.20. The smallest absolute Gasteiger partial charge is 0.258 e. The Balaban J connectivity index is 1.45. The van der Waals surface area contributed by atoms with Gasteiger partial charge in [0.2, 0.25) is 0 Å². The molecule has 1 aromatic rings. The number of halogens is 2. The van der Waals surface area contributed by atoms with Crippen molar-refractivity contribution in [2.45, 2.75) is 18.9 Å². The zero-order chi connectivity index (χ0) is 14.8. The van der Waals surface area contributed by atoms with Gasteiger partial charge in [-0.05, 0) is 49.9 Å². The highest BCUT2D eigenvalue weighted by atomic mass is 35.5. The molecule has 0 radical (unpaired) electrons. The van der Waals surface area contributed by atoms with Gasteiger partial charge in [-0.15, -0.1) is 0 Å². The SMILES string of the molecule is O=C(COc1ccc(Cl)c(F)c1)NC1C[C@H]2CNC[C@H]2C1. The van der Waals surface area contributed by atoms with Gasteiger partial charge in [-0.25, -0.2) is 4.39 Å². The average Bonchev–Trinajstić information content (AvgIpc) is 3.01. The lowest BCUT2D eigenvalue weighted by Gasteiger charge is -2.14. The molecule has 3 atom stereocenters. The summed E-state index contributed by atoms with van der Waals surface area (Å²) in [5.74, 6) is 0.955. The highest BCUT2D eigenvalue weighted by Crippen LogP contribution is 2.34. The van der Waals surface area contributed by atoms with Crippen LogP contribution in [0.3, 0.4) is 0 Å². The number of hydrogen-bond donors (Lipinski definition) is 2. The van der Waals surface area contributed by atoms with Crippen molar-refractivity contribution in [1.29, 1.82) is 0 Å². The van der Waals surface area contributed by atoms with Crippen molar-refractivity contribution in [3.63, 3.8) is 0 Å². The predicted molar refractivity (Wildman–Crippen MR) is 77.9 cm³/mol. The molecular weight excluding hydrogens is 295 g/mol. The molecular formula is C15H18ClFN2O2. The summed E-state index contributed by atoms with van der Waals surface area (Å²) < 4.78 is 18.5. The molecule has 1 aliphatic heterocycles. The molecule has 21 heavy (non-hydrogen) atoms. The van der Waals surface area contributed by atoms with Gasteiger partial charge in [-0.1, -0.05) is 11.6 Å².